The Bertz CT molecular complexity index is 596. The molecular formula is C15H22ClN3O. The van der Waals surface area contributed by atoms with E-state index in [1.807, 2.05) is 38.4 Å². The van der Waals surface area contributed by atoms with Gasteiger partial charge in [0, 0.05) is 15.9 Å². The number of likely N-dealkylation sites (N-methyl/N-ethyl adjacent to an activating group) is 1. The van der Waals surface area contributed by atoms with Gasteiger partial charge in [0.2, 0.25) is 0 Å². The number of fused-ring (bicyclic) bond motifs is 1. The Morgan fingerprint density at radius 2 is 2.10 bits per heavy atom. The summed E-state index contributed by atoms with van der Waals surface area (Å²) < 4.78 is 5.95. The maximum atomic E-state index is 6.02. The number of benzene rings is 1. The van der Waals surface area contributed by atoms with Gasteiger partial charge in [0.15, 0.2) is 0 Å². The molecule has 2 unspecified atom stereocenters. The number of halogens is 1. The van der Waals surface area contributed by atoms with Crippen molar-refractivity contribution in [2.45, 2.75) is 31.8 Å². The molecule has 0 amide bonds. The third-order valence-electron chi connectivity index (χ3n) is 4.31. The van der Waals surface area contributed by atoms with Gasteiger partial charge in [-0.2, -0.15) is 0 Å². The first-order chi connectivity index (χ1) is 9.42. The topological polar surface area (TPSA) is 54.4 Å². The van der Waals surface area contributed by atoms with E-state index in [0.717, 1.165) is 23.2 Å². The van der Waals surface area contributed by atoms with Crippen LogP contribution in [0.3, 0.4) is 0 Å². The van der Waals surface area contributed by atoms with Crippen molar-refractivity contribution in [3.05, 3.63) is 35.0 Å². The number of furan rings is 1. The zero-order valence-corrected chi connectivity index (χ0v) is 13.2. The second kappa shape index (κ2) is 5.74. The van der Waals surface area contributed by atoms with E-state index in [0.29, 0.717) is 5.02 Å². The van der Waals surface area contributed by atoms with Crippen LogP contribution in [-0.4, -0.2) is 24.5 Å². The molecule has 0 saturated carbocycles. The maximum Gasteiger partial charge on any atom is 0.134 e. The fourth-order valence-corrected chi connectivity index (χ4v) is 2.70. The number of nitrogens with zero attached hydrogens (tertiary/aromatic N) is 1. The lowest BCUT2D eigenvalue weighted by atomic mass is 9.86. The fourth-order valence-electron chi connectivity index (χ4n) is 2.52. The number of nitrogens with one attached hydrogen (secondary N) is 1. The molecule has 3 N–H and O–H groups in total. The first-order valence-corrected chi connectivity index (χ1v) is 7.12. The molecule has 1 aromatic heterocycles. The average Bonchev–Trinajstić information content (AvgIpc) is 2.81. The van der Waals surface area contributed by atoms with E-state index < -0.39 is 0 Å². The van der Waals surface area contributed by atoms with Crippen LogP contribution < -0.4 is 11.3 Å². The van der Waals surface area contributed by atoms with Gasteiger partial charge in [-0.15, -0.1) is 0 Å². The molecule has 0 aliphatic heterocycles. The number of hydrogen-bond donors (Lipinski definition) is 2. The third kappa shape index (κ3) is 2.56. The standard InChI is InChI=1S/C15H22ClN3O/c1-5-15(2,19(3)4)14(18-17)13-9-10-8-11(16)6-7-12(10)20-13/h6-9,14,18H,5,17H2,1-4H3. The molecule has 0 bridgehead atoms. The lowest BCUT2D eigenvalue weighted by molar-refractivity contribution is 0.102. The predicted molar refractivity (Wildman–Crippen MR) is 83.7 cm³/mol. The summed E-state index contributed by atoms with van der Waals surface area (Å²) in [5.74, 6) is 6.62. The molecule has 20 heavy (non-hydrogen) atoms. The van der Waals surface area contributed by atoms with Gasteiger partial charge in [-0.3, -0.25) is 5.84 Å². The SMILES string of the molecule is CCC(C)(C(NN)c1cc2cc(Cl)ccc2o1)N(C)C. The van der Waals surface area contributed by atoms with Crippen molar-refractivity contribution in [3.8, 4) is 0 Å². The molecule has 5 heteroatoms. The first kappa shape index (κ1) is 15.3. The van der Waals surface area contributed by atoms with Crippen molar-refractivity contribution < 1.29 is 4.42 Å². The van der Waals surface area contributed by atoms with Crippen LogP contribution in [0.5, 0.6) is 0 Å². The number of hydrogen-bond acceptors (Lipinski definition) is 4. The van der Waals surface area contributed by atoms with Gasteiger partial charge in [0.05, 0.1) is 6.04 Å². The minimum atomic E-state index is -0.146. The van der Waals surface area contributed by atoms with Gasteiger partial charge in [-0.05, 0) is 51.7 Å². The van der Waals surface area contributed by atoms with E-state index in [1.54, 1.807) is 0 Å². The third-order valence-corrected chi connectivity index (χ3v) is 4.54. The Kier molecular flexibility index (Phi) is 4.39. The predicted octanol–water partition coefficient (Wildman–Crippen LogP) is 3.32. The van der Waals surface area contributed by atoms with Crippen LogP contribution in [-0.2, 0) is 0 Å². The van der Waals surface area contributed by atoms with Crippen molar-refractivity contribution in [1.82, 2.24) is 10.3 Å². The van der Waals surface area contributed by atoms with E-state index in [2.05, 4.69) is 24.2 Å². The van der Waals surface area contributed by atoms with Crippen LogP contribution in [0.4, 0.5) is 0 Å². The smallest absolute Gasteiger partial charge is 0.134 e. The van der Waals surface area contributed by atoms with Crippen molar-refractivity contribution in [2.24, 2.45) is 5.84 Å². The van der Waals surface area contributed by atoms with E-state index in [9.17, 15) is 0 Å². The lowest BCUT2D eigenvalue weighted by Crippen LogP contribution is -2.52. The van der Waals surface area contributed by atoms with Crippen LogP contribution in [0.25, 0.3) is 11.0 Å². The first-order valence-electron chi connectivity index (χ1n) is 6.75. The van der Waals surface area contributed by atoms with Crippen molar-refractivity contribution >= 4 is 22.6 Å². The van der Waals surface area contributed by atoms with E-state index >= 15 is 0 Å². The highest BCUT2D eigenvalue weighted by molar-refractivity contribution is 6.31. The van der Waals surface area contributed by atoms with Crippen LogP contribution in [0.15, 0.2) is 28.7 Å². The van der Waals surface area contributed by atoms with Crippen molar-refractivity contribution in [3.63, 3.8) is 0 Å². The zero-order valence-electron chi connectivity index (χ0n) is 12.4. The second-order valence-corrected chi connectivity index (χ2v) is 5.97. The van der Waals surface area contributed by atoms with Crippen LogP contribution in [0, 0.1) is 0 Å². The Labute approximate surface area is 124 Å². The Balaban J connectivity index is 2.48. The Morgan fingerprint density at radius 3 is 2.65 bits per heavy atom. The van der Waals surface area contributed by atoms with Crippen molar-refractivity contribution in [1.29, 1.82) is 0 Å². The Hall–Kier alpha value is -1.07. The summed E-state index contributed by atoms with van der Waals surface area (Å²) in [6.45, 7) is 4.31. The molecule has 4 nitrogen and oxygen atoms in total. The van der Waals surface area contributed by atoms with Gasteiger partial charge >= 0.3 is 0 Å². The minimum absolute atomic E-state index is 0.103. The molecule has 2 aromatic rings. The van der Waals surface area contributed by atoms with Gasteiger partial charge in [-0.1, -0.05) is 18.5 Å². The van der Waals surface area contributed by atoms with Gasteiger partial charge in [0.1, 0.15) is 11.3 Å². The molecular weight excluding hydrogens is 274 g/mol. The lowest BCUT2D eigenvalue weighted by Gasteiger charge is -2.41. The highest BCUT2D eigenvalue weighted by atomic mass is 35.5. The largest absolute Gasteiger partial charge is 0.459 e. The molecule has 0 radical (unpaired) electrons. The normalized spacial score (nSPS) is 16.6. The summed E-state index contributed by atoms with van der Waals surface area (Å²) in [6.07, 6.45) is 0.937. The van der Waals surface area contributed by atoms with Gasteiger partial charge in [0.25, 0.3) is 0 Å². The summed E-state index contributed by atoms with van der Waals surface area (Å²) in [5.41, 5.74) is 3.57. The Morgan fingerprint density at radius 1 is 1.40 bits per heavy atom. The summed E-state index contributed by atoms with van der Waals surface area (Å²) in [5, 5.41) is 1.69. The molecule has 2 atom stereocenters. The molecule has 0 spiro atoms. The fraction of sp³-hybridized carbons (Fsp3) is 0.467. The molecule has 1 heterocycles. The van der Waals surface area contributed by atoms with Crippen LogP contribution in [0.2, 0.25) is 5.02 Å². The number of nitrogens with two attached hydrogens (primary N) is 1. The second-order valence-electron chi connectivity index (χ2n) is 5.54. The van der Waals surface area contributed by atoms with E-state index in [1.165, 1.54) is 0 Å². The average molecular weight is 296 g/mol. The summed E-state index contributed by atoms with van der Waals surface area (Å²) in [6, 6.07) is 7.51. The van der Waals surface area contributed by atoms with E-state index in [4.69, 9.17) is 21.9 Å². The van der Waals surface area contributed by atoms with Crippen LogP contribution >= 0.6 is 11.6 Å². The molecule has 1 aromatic carbocycles. The van der Waals surface area contributed by atoms with Crippen molar-refractivity contribution in [2.75, 3.05) is 14.1 Å². The highest BCUT2D eigenvalue weighted by Crippen LogP contribution is 2.35. The molecule has 0 aliphatic carbocycles. The van der Waals surface area contributed by atoms with Gasteiger partial charge < -0.3 is 9.32 Å². The van der Waals surface area contributed by atoms with Crippen LogP contribution in [0.1, 0.15) is 32.1 Å². The number of hydrazine groups is 1. The molecule has 0 saturated heterocycles. The molecule has 0 fully saturated rings. The zero-order chi connectivity index (χ0) is 14.9. The van der Waals surface area contributed by atoms with E-state index in [-0.39, 0.29) is 11.6 Å². The monoisotopic (exact) mass is 295 g/mol. The molecule has 2 rings (SSSR count). The summed E-state index contributed by atoms with van der Waals surface area (Å²) in [7, 11) is 4.10. The maximum absolute atomic E-state index is 6.02. The molecule has 110 valence electrons. The number of rotatable bonds is 5. The molecule has 0 aliphatic rings. The summed E-state index contributed by atoms with van der Waals surface area (Å²) in [4.78, 5) is 2.16. The summed E-state index contributed by atoms with van der Waals surface area (Å²) >= 11 is 6.02. The highest BCUT2D eigenvalue weighted by Gasteiger charge is 2.37. The minimum Gasteiger partial charge on any atom is -0.459 e. The van der Waals surface area contributed by atoms with Gasteiger partial charge in [-0.25, -0.2) is 5.43 Å². The quantitative estimate of drug-likeness (QED) is 0.656.